The number of aryl methyl sites for hydroxylation is 1. The highest BCUT2D eigenvalue weighted by atomic mass is 35.5. The molecule has 0 aliphatic carbocycles. The first-order chi connectivity index (χ1) is 9.56. The first-order valence-electron chi connectivity index (χ1n) is 6.96. The number of rotatable bonds is 3. The summed E-state index contributed by atoms with van der Waals surface area (Å²) in [6, 6.07) is 5.51. The fourth-order valence-electron chi connectivity index (χ4n) is 2.35. The van der Waals surface area contributed by atoms with Crippen molar-refractivity contribution in [2.24, 2.45) is 5.92 Å². The lowest BCUT2D eigenvalue weighted by Gasteiger charge is -2.22. The topological polar surface area (TPSA) is 70.2 Å². The number of halogens is 1. The number of carbonyl (C=O) groups is 2. The van der Waals surface area contributed by atoms with Gasteiger partial charge in [-0.05, 0) is 44.0 Å². The smallest absolute Gasteiger partial charge is 0.228 e. The van der Waals surface area contributed by atoms with E-state index >= 15 is 0 Å². The van der Waals surface area contributed by atoms with Crippen LogP contribution in [0.1, 0.15) is 25.3 Å². The Morgan fingerprint density at radius 3 is 2.67 bits per heavy atom. The van der Waals surface area contributed by atoms with Crippen LogP contribution in [0, 0.1) is 12.8 Å². The van der Waals surface area contributed by atoms with Crippen LogP contribution in [0.15, 0.2) is 18.2 Å². The molecule has 1 heterocycles. The average Bonchev–Trinajstić information content (AvgIpc) is 2.43. The van der Waals surface area contributed by atoms with Crippen LogP contribution in [0.5, 0.6) is 0 Å². The summed E-state index contributed by atoms with van der Waals surface area (Å²) in [6.45, 7) is 5.12. The van der Waals surface area contributed by atoms with Crippen LogP contribution in [0.2, 0.25) is 0 Å². The van der Waals surface area contributed by atoms with E-state index in [1.54, 1.807) is 6.07 Å². The highest BCUT2D eigenvalue weighted by Gasteiger charge is 2.21. The minimum absolute atomic E-state index is 0. The Morgan fingerprint density at radius 2 is 2.05 bits per heavy atom. The number of anilines is 2. The molecule has 0 saturated carbocycles. The Hall–Kier alpha value is -1.59. The molecule has 1 aliphatic heterocycles. The highest BCUT2D eigenvalue weighted by molar-refractivity contribution is 5.95. The van der Waals surface area contributed by atoms with E-state index in [1.165, 1.54) is 6.92 Å². The Kier molecular flexibility index (Phi) is 6.65. The minimum Gasteiger partial charge on any atom is -0.326 e. The zero-order valence-corrected chi connectivity index (χ0v) is 13.2. The predicted octanol–water partition coefficient (Wildman–Crippen LogP) is 2.31. The third kappa shape index (κ3) is 5.02. The third-order valence-electron chi connectivity index (χ3n) is 3.48. The molecule has 0 aromatic heterocycles. The first kappa shape index (κ1) is 17.5. The van der Waals surface area contributed by atoms with Gasteiger partial charge in [-0.25, -0.2) is 0 Å². The van der Waals surface area contributed by atoms with E-state index in [-0.39, 0.29) is 30.1 Å². The molecule has 0 radical (unpaired) electrons. The van der Waals surface area contributed by atoms with Crippen LogP contribution < -0.4 is 16.0 Å². The van der Waals surface area contributed by atoms with Crippen LogP contribution >= 0.6 is 12.4 Å². The second-order valence-electron chi connectivity index (χ2n) is 5.24. The van der Waals surface area contributed by atoms with Crippen molar-refractivity contribution in [3.8, 4) is 0 Å². The van der Waals surface area contributed by atoms with Gasteiger partial charge in [-0.1, -0.05) is 6.07 Å². The minimum atomic E-state index is -0.123. The maximum Gasteiger partial charge on any atom is 0.228 e. The summed E-state index contributed by atoms with van der Waals surface area (Å²) in [5, 5.41) is 8.92. The van der Waals surface area contributed by atoms with Crippen LogP contribution in [0.4, 0.5) is 11.4 Å². The lowest BCUT2D eigenvalue weighted by atomic mass is 9.98. The van der Waals surface area contributed by atoms with Crippen LogP contribution in [-0.4, -0.2) is 24.9 Å². The van der Waals surface area contributed by atoms with Crippen molar-refractivity contribution in [3.05, 3.63) is 23.8 Å². The van der Waals surface area contributed by atoms with Gasteiger partial charge in [0.1, 0.15) is 0 Å². The molecule has 0 unspecified atom stereocenters. The van der Waals surface area contributed by atoms with E-state index in [2.05, 4.69) is 16.0 Å². The monoisotopic (exact) mass is 311 g/mol. The highest BCUT2D eigenvalue weighted by Crippen LogP contribution is 2.22. The lowest BCUT2D eigenvalue weighted by Crippen LogP contribution is -2.37. The molecule has 1 aromatic carbocycles. The van der Waals surface area contributed by atoms with Crippen molar-refractivity contribution in [1.29, 1.82) is 0 Å². The molecular weight excluding hydrogens is 290 g/mol. The van der Waals surface area contributed by atoms with Gasteiger partial charge in [0.25, 0.3) is 0 Å². The van der Waals surface area contributed by atoms with Gasteiger partial charge in [0.15, 0.2) is 0 Å². The fraction of sp³-hybridized carbons (Fsp3) is 0.467. The molecule has 21 heavy (non-hydrogen) atoms. The van der Waals surface area contributed by atoms with Crippen molar-refractivity contribution < 1.29 is 9.59 Å². The van der Waals surface area contributed by atoms with Gasteiger partial charge >= 0.3 is 0 Å². The quantitative estimate of drug-likeness (QED) is 0.802. The maximum atomic E-state index is 12.2. The van der Waals surface area contributed by atoms with Gasteiger partial charge in [-0.2, -0.15) is 0 Å². The number of amides is 2. The molecule has 0 bridgehead atoms. The third-order valence-corrected chi connectivity index (χ3v) is 3.48. The molecule has 1 atom stereocenters. The molecular formula is C15H22ClN3O2. The van der Waals surface area contributed by atoms with E-state index in [0.29, 0.717) is 5.69 Å². The second kappa shape index (κ2) is 8.00. The number of hydrogen-bond acceptors (Lipinski definition) is 3. The second-order valence-corrected chi connectivity index (χ2v) is 5.24. The number of benzene rings is 1. The van der Waals surface area contributed by atoms with Gasteiger partial charge in [0, 0.05) is 24.8 Å². The van der Waals surface area contributed by atoms with Crippen molar-refractivity contribution >= 4 is 35.6 Å². The van der Waals surface area contributed by atoms with Crippen molar-refractivity contribution in [2.45, 2.75) is 26.7 Å². The van der Waals surface area contributed by atoms with Gasteiger partial charge in [0.05, 0.1) is 5.92 Å². The summed E-state index contributed by atoms with van der Waals surface area (Å²) in [4.78, 5) is 23.3. The summed E-state index contributed by atoms with van der Waals surface area (Å²) in [5.41, 5.74) is 2.43. The van der Waals surface area contributed by atoms with Crippen LogP contribution in [0.25, 0.3) is 0 Å². The summed E-state index contributed by atoms with van der Waals surface area (Å²) in [7, 11) is 0. The van der Waals surface area contributed by atoms with Crippen molar-refractivity contribution in [1.82, 2.24) is 5.32 Å². The molecule has 5 nitrogen and oxygen atoms in total. The summed E-state index contributed by atoms with van der Waals surface area (Å²) >= 11 is 0. The molecule has 1 fully saturated rings. The Balaban J connectivity index is 0.00000220. The van der Waals surface area contributed by atoms with Crippen LogP contribution in [0.3, 0.4) is 0 Å². The molecule has 1 saturated heterocycles. The Morgan fingerprint density at radius 1 is 1.29 bits per heavy atom. The number of piperidine rings is 1. The normalized spacial score (nSPS) is 17.5. The number of carbonyl (C=O) groups excluding carboxylic acids is 2. The van der Waals surface area contributed by atoms with Crippen LogP contribution in [-0.2, 0) is 9.59 Å². The maximum absolute atomic E-state index is 12.2. The summed E-state index contributed by atoms with van der Waals surface area (Å²) < 4.78 is 0. The zero-order chi connectivity index (χ0) is 14.5. The van der Waals surface area contributed by atoms with Gasteiger partial charge < -0.3 is 16.0 Å². The molecule has 1 aromatic rings. The molecule has 3 N–H and O–H groups in total. The van der Waals surface area contributed by atoms with E-state index in [0.717, 1.165) is 37.2 Å². The molecule has 2 rings (SSSR count). The molecule has 2 amide bonds. The Bertz CT molecular complexity index is 514. The SMILES string of the molecule is CC(=O)Nc1ccc(C)c(NC(=O)[C@@H]2CCCNC2)c1.Cl. The van der Waals surface area contributed by atoms with Gasteiger partial charge in [0.2, 0.25) is 11.8 Å². The van der Waals surface area contributed by atoms with Crippen molar-refractivity contribution in [2.75, 3.05) is 23.7 Å². The average molecular weight is 312 g/mol. The fourth-order valence-corrected chi connectivity index (χ4v) is 2.35. The van der Waals surface area contributed by atoms with Gasteiger partial charge in [-0.15, -0.1) is 12.4 Å². The predicted molar refractivity (Wildman–Crippen MR) is 87.0 cm³/mol. The number of hydrogen-bond donors (Lipinski definition) is 3. The Labute approximate surface area is 131 Å². The molecule has 6 heteroatoms. The standard InChI is InChI=1S/C15H21N3O2.ClH/c1-10-5-6-13(17-11(2)19)8-14(10)18-15(20)12-4-3-7-16-9-12;/h5-6,8,12,16H,3-4,7,9H2,1-2H3,(H,17,19)(H,18,20);1H/t12-;/m1./s1. The largest absolute Gasteiger partial charge is 0.326 e. The molecule has 116 valence electrons. The first-order valence-corrected chi connectivity index (χ1v) is 6.96. The van der Waals surface area contributed by atoms with E-state index in [4.69, 9.17) is 0 Å². The molecule has 1 aliphatic rings. The lowest BCUT2D eigenvalue weighted by molar-refractivity contribution is -0.120. The zero-order valence-electron chi connectivity index (χ0n) is 12.4. The summed E-state index contributed by atoms with van der Waals surface area (Å²) in [5.74, 6) is -0.0598. The van der Waals surface area contributed by atoms with E-state index < -0.39 is 0 Å². The van der Waals surface area contributed by atoms with E-state index in [1.807, 2.05) is 19.1 Å². The van der Waals surface area contributed by atoms with Gasteiger partial charge in [-0.3, -0.25) is 9.59 Å². The van der Waals surface area contributed by atoms with E-state index in [9.17, 15) is 9.59 Å². The molecule has 0 spiro atoms. The number of nitrogens with one attached hydrogen (secondary N) is 3. The van der Waals surface area contributed by atoms with Crippen molar-refractivity contribution in [3.63, 3.8) is 0 Å². The summed E-state index contributed by atoms with van der Waals surface area (Å²) in [6.07, 6.45) is 1.95.